The molecule has 7 nitrogen and oxygen atoms in total. The fourth-order valence-corrected chi connectivity index (χ4v) is 1.89. The van der Waals surface area contributed by atoms with Gasteiger partial charge in [-0.05, 0) is 24.3 Å². The minimum absolute atomic E-state index is 0.833. The van der Waals surface area contributed by atoms with Gasteiger partial charge in [0.05, 0.1) is 5.69 Å². The number of hydrogen-bond donors (Lipinski definition) is 2. The van der Waals surface area contributed by atoms with Gasteiger partial charge >= 0.3 is 0 Å². The predicted molar refractivity (Wildman–Crippen MR) is 97.3 cm³/mol. The standard InChI is InChI=1S/C15H11N3.2C2H4O2/c1-4-12(10-16-7-1)14-6-3-9-18-15(14)13-5-2-8-17-11-13;2*1-2(3)4/h1-11H;2*1H3,(H,3,4). The Morgan fingerprint density at radius 2 is 1.23 bits per heavy atom. The molecule has 0 bridgehead atoms. The van der Waals surface area contributed by atoms with Crippen molar-refractivity contribution in [2.24, 2.45) is 0 Å². The van der Waals surface area contributed by atoms with E-state index in [-0.39, 0.29) is 0 Å². The molecule has 3 heterocycles. The van der Waals surface area contributed by atoms with Gasteiger partial charge in [0.2, 0.25) is 0 Å². The molecule has 0 unspecified atom stereocenters. The number of aromatic nitrogens is 3. The van der Waals surface area contributed by atoms with Crippen molar-refractivity contribution < 1.29 is 19.8 Å². The highest BCUT2D eigenvalue weighted by atomic mass is 16.4. The molecule has 0 amide bonds. The number of carboxylic acids is 2. The van der Waals surface area contributed by atoms with Crippen molar-refractivity contribution in [1.82, 2.24) is 15.0 Å². The van der Waals surface area contributed by atoms with Gasteiger partial charge in [0.25, 0.3) is 11.9 Å². The molecule has 3 aromatic heterocycles. The topological polar surface area (TPSA) is 113 Å². The highest BCUT2D eigenvalue weighted by Crippen LogP contribution is 2.28. The zero-order valence-electron chi connectivity index (χ0n) is 14.4. The summed E-state index contributed by atoms with van der Waals surface area (Å²) in [5.41, 5.74) is 4.07. The quantitative estimate of drug-likeness (QED) is 0.726. The Hall–Kier alpha value is -3.61. The first kappa shape index (κ1) is 20.4. The second kappa shape index (κ2) is 11.0. The normalized spacial score (nSPS) is 9.00. The van der Waals surface area contributed by atoms with Crippen LogP contribution in [0.2, 0.25) is 0 Å². The predicted octanol–water partition coefficient (Wildman–Crippen LogP) is 3.39. The largest absolute Gasteiger partial charge is 0.481 e. The molecular formula is C19H19N3O4. The third-order valence-electron chi connectivity index (χ3n) is 2.72. The van der Waals surface area contributed by atoms with E-state index >= 15 is 0 Å². The summed E-state index contributed by atoms with van der Waals surface area (Å²) >= 11 is 0. The molecule has 0 aromatic carbocycles. The van der Waals surface area contributed by atoms with Crippen LogP contribution in [0.3, 0.4) is 0 Å². The van der Waals surface area contributed by atoms with Crippen molar-refractivity contribution in [3.05, 3.63) is 67.4 Å². The molecular weight excluding hydrogens is 334 g/mol. The van der Waals surface area contributed by atoms with Crippen LogP contribution in [-0.4, -0.2) is 37.1 Å². The monoisotopic (exact) mass is 353 g/mol. The Balaban J connectivity index is 0.000000360. The first-order valence-electron chi connectivity index (χ1n) is 7.56. The third kappa shape index (κ3) is 7.78. The van der Waals surface area contributed by atoms with E-state index in [1.165, 1.54) is 0 Å². The SMILES string of the molecule is CC(=O)O.CC(=O)O.c1cncc(-c2cccnc2-c2cccnc2)c1. The maximum absolute atomic E-state index is 9.00. The van der Waals surface area contributed by atoms with Crippen molar-refractivity contribution in [1.29, 1.82) is 0 Å². The molecule has 0 spiro atoms. The summed E-state index contributed by atoms with van der Waals surface area (Å²) in [6.07, 6.45) is 8.99. The lowest BCUT2D eigenvalue weighted by molar-refractivity contribution is -0.135. The summed E-state index contributed by atoms with van der Waals surface area (Å²) in [5, 5.41) is 14.8. The van der Waals surface area contributed by atoms with E-state index < -0.39 is 11.9 Å². The highest BCUT2D eigenvalue weighted by Gasteiger charge is 2.07. The summed E-state index contributed by atoms with van der Waals surface area (Å²) in [5.74, 6) is -1.67. The summed E-state index contributed by atoms with van der Waals surface area (Å²) in [7, 11) is 0. The van der Waals surface area contributed by atoms with Crippen LogP contribution in [0, 0.1) is 0 Å². The highest BCUT2D eigenvalue weighted by molar-refractivity contribution is 5.79. The van der Waals surface area contributed by atoms with Gasteiger partial charge in [0.15, 0.2) is 0 Å². The van der Waals surface area contributed by atoms with E-state index in [0.717, 1.165) is 36.2 Å². The van der Waals surface area contributed by atoms with Crippen molar-refractivity contribution in [3.8, 4) is 22.4 Å². The molecule has 0 saturated heterocycles. The van der Waals surface area contributed by atoms with Crippen LogP contribution in [-0.2, 0) is 9.59 Å². The van der Waals surface area contributed by atoms with Gasteiger partial charge in [-0.25, -0.2) is 0 Å². The van der Waals surface area contributed by atoms with Crippen LogP contribution < -0.4 is 0 Å². The van der Waals surface area contributed by atoms with Crippen molar-refractivity contribution >= 4 is 11.9 Å². The van der Waals surface area contributed by atoms with Crippen molar-refractivity contribution in [2.75, 3.05) is 0 Å². The molecule has 26 heavy (non-hydrogen) atoms. The molecule has 3 rings (SSSR count). The smallest absolute Gasteiger partial charge is 0.300 e. The molecule has 0 aliphatic carbocycles. The molecule has 0 aliphatic rings. The Bertz CT molecular complexity index is 746. The minimum atomic E-state index is -0.833. The number of aliphatic carboxylic acids is 2. The fraction of sp³-hybridized carbons (Fsp3) is 0.105. The van der Waals surface area contributed by atoms with Gasteiger partial charge in [-0.2, -0.15) is 0 Å². The van der Waals surface area contributed by atoms with Gasteiger partial charge in [-0.3, -0.25) is 24.5 Å². The Morgan fingerprint density at radius 3 is 1.69 bits per heavy atom. The molecule has 134 valence electrons. The van der Waals surface area contributed by atoms with Crippen LogP contribution in [0.25, 0.3) is 22.4 Å². The second-order valence-corrected chi connectivity index (χ2v) is 4.92. The van der Waals surface area contributed by atoms with Gasteiger partial charge in [-0.1, -0.05) is 12.1 Å². The molecule has 0 atom stereocenters. The number of rotatable bonds is 2. The first-order chi connectivity index (χ1) is 12.4. The third-order valence-corrected chi connectivity index (χ3v) is 2.72. The van der Waals surface area contributed by atoms with Crippen LogP contribution in [0.4, 0.5) is 0 Å². The average Bonchev–Trinajstić information content (AvgIpc) is 2.62. The molecule has 0 radical (unpaired) electrons. The number of pyridine rings is 3. The Kier molecular flexibility index (Phi) is 8.67. The van der Waals surface area contributed by atoms with Gasteiger partial charge in [-0.15, -0.1) is 0 Å². The van der Waals surface area contributed by atoms with E-state index in [1.54, 1.807) is 18.6 Å². The van der Waals surface area contributed by atoms with Crippen LogP contribution >= 0.6 is 0 Å². The van der Waals surface area contributed by atoms with Crippen molar-refractivity contribution in [3.63, 3.8) is 0 Å². The number of carbonyl (C=O) groups is 2. The van der Waals surface area contributed by atoms with E-state index in [9.17, 15) is 0 Å². The lowest BCUT2D eigenvalue weighted by Crippen LogP contribution is -1.89. The van der Waals surface area contributed by atoms with E-state index in [0.29, 0.717) is 0 Å². The molecule has 0 saturated carbocycles. The zero-order chi connectivity index (χ0) is 19.4. The van der Waals surface area contributed by atoms with Crippen LogP contribution in [0.15, 0.2) is 67.4 Å². The van der Waals surface area contributed by atoms with Gasteiger partial charge < -0.3 is 10.2 Å². The maximum atomic E-state index is 9.00. The molecule has 3 aromatic rings. The molecule has 0 fully saturated rings. The number of carboxylic acid groups (broad SMARTS) is 2. The molecule has 7 heteroatoms. The lowest BCUT2D eigenvalue weighted by Gasteiger charge is -2.07. The molecule has 2 N–H and O–H groups in total. The van der Waals surface area contributed by atoms with E-state index in [1.807, 2.05) is 48.8 Å². The minimum Gasteiger partial charge on any atom is -0.481 e. The number of nitrogens with zero attached hydrogens (tertiary/aromatic N) is 3. The maximum Gasteiger partial charge on any atom is 0.300 e. The van der Waals surface area contributed by atoms with Crippen LogP contribution in [0.1, 0.15) is 13.8 Å². The second-order valence-electron chi connectivity index (χ2n) is 4.92. The lowest BCUT2D eigenvalue weighted by atomic mass is 10.0. The van der Waals surface area contributed by atoms with E-state index in [2.05, 4.69) is 15.0 Å². The van der Waals surface area contributed by atoms with E-state index in [4.69, 9.17) is 19.8 Å². The first-order valence-corrected chi connectivity index (χ1v) is 7.56. The van der Waals surface area contributed by atoms with Gasteiger partial charge in [0.1, 0.15) is 0 Å². The summed E-state index contributed by atoms with van der Waals surface area (Å²) in [6.45, 7) is 2.17. The van der Waals surface area contributed by atoms with Gasteiger partial charge in [0, 0.05) is 61.5 Å². The Morgan fingerprint density at radius 1 is 0.769 bits per heavy atom. The number of hydrogen-bond acceptors (Lipinski definition) is 5. The summed E-state index contributed by atoms with van der Waals surface area (Å²) in [6, 6.07) is 11.9. The molecule has 0 aliphatic heterocycles. The van der Waals surface area contributed by atoms with Crippen molar-refractivity contribution in [2.45, 2.75) is 13.8 Å². The summed E-state index contributed by atoms with van der Waals surface area (Å²) < 4.78 is 0. The van der Waals surface area contributed by atoms with Crippen LogP contribution in [0.5, 0.6) is 0 Å². The fourth-order valence-electron chi connectivity index (χ4n) is 1.89. The summed E-state index contributed by atoms with van der Waals surface area (Å²) in [4.78, 5) is 30.8. The zero-order valence-corrected chi connectivity index (χ0v) is 14.4. The Labute approximate surface area is 151 Å². The average molecular weight is 353 g/mol.